The van der Waals surface area contributed by atoms with Gasteiger partial charge in [0.25, 0.3) is 0 Å². The smallest absolute Gasteiger partial charge is 0.335 e. The molecule has 0 spiro atoms. The molecule has 168 valence electrons. The van der Waals surface area contributed by atoms with Crippen LogP contribution in [0.1, 0.15) is 55.8 Å². The number of carbonyl (C=O) groups excluding carboxylic acids is 2. The fourth-order valence-electron chi connectivity index (χ4n) is 3.72. The number of hydrogen-bond donors (Lipinski definition) is 1. The second-order valence-electron chi connectivity index (χ2n) is 8.01. The van der Waals surface area contributed by atoms with Crippen LogP contribution >= 0.6 is 11.3 Å². The van der Waals surface area contributed by atoms with Crippen LogP contribution < -0.4 is 0 Å². The summed E-state index contributed by atoms with van der Waals surface area (Å²) >= 11 is 1.34. The molecule has 1 aromatic heterocycles. The number of ether oxygens (including phenoxy) is 1. The van der Waals surface area contributed by atoms with E-state index in [2.05, 4.69) is 11.1 Å². The summed E-state index contributed by atoms with van der Waals surface area (Å²) in [6.07, 6.45) is 0.963. The summed E-state index contributed by atoms with van der Waals surface area (Å²) in [5.74, 6) is -1.17. The molecule has 0 radical (unpaired) electrons. The minimum absolute atomic E-state index is 0.0139. The minimum Gasteiger partial charge on any atom is -0.478 e. The number of nitrogens with zero attached hydrogens (tertiary/aromatic N) is 1. The molecule has 0 aliphatic carbocycles. The maximum Gasteiger partial charge on any atom is 0.335 e. The number of ketones is 2. The standard InChI is InChI=1S/C26H23NO5S/c1-16-3-2-4-17(11-16)7-10-22(28)21-12-23(29)24-20(15-33-25(24)27-21)14-32-13-18-5-8-19(9-6-18)26(30)31/h2-6,8-9,11,15H,7,10,12-14H2,1H3,(H,30,31). The van der Waals surface area contributed by atoms with Crippen LogP contribution in [0.4, 0.5) is 5.00 Å². The van der Waals surface area contributed by atoms with Crippen molar-refractivity contribution in [1.29, 1.82) is 0 Å². The summed E-state index contributed by atoms with van der Waals surface area (Å²) in [6, 6.07) is 14.5. The number of hydrogen-bond acceptors (Lipinski definition) is 6. The molecule has 33 heavy (non-hydrogen) atoms. The van der Waals surface area contributed by atoms with Gasteiger partial charge in [-0.05, 0) is 42.0 Å². The number of Topliss-reactive ketones (excluding diaryl/α,β-unsaturated/α-hetero) is 2. The van der Waals surface area contributed by atoms with Gasteiger partial charge in [0.1, 0.15) is 5.00 Å². The van der Waals surface area contributed by atoms with Crippen molar-refractivity contribution in [2.75, 3.05) is 0 Å². The largest absolute Gasteiger partial charge is 0.478 e. The van der Waals surface area contributed by atoms with E-state index in [1.54, 1.807) is 12.1 Å². The van der Waals surface area contributed by atoms with Gasteiger partial charge < -0.3 is 9.84 Å². The van der Waals surface area contributed by atoms with Gasteiger partial charge in [0.2, 0.25) is 0 Å². The molecule has 1 aliphatic heterocycles. The molecule has 0 saturated heterocycles. The van der Waals surface area contributed by atoms with Gasteiger partial charge in [-0.3, -0.25) is 9.59 Å². The number of carboxylic acids is 1. The monoisotopic (exact) mass is 461 g/mol. The van der Waals surface area contributed by atoms with Crippen molar-refractivity contribution in [2.45, 2.75) is 39.4 Å². The fraction of sp³-hybridized carbons (Fsp3) is 0.231. The Labute approximate surface area is 195 Å². The Morgan fingerprint density at radius 1 is 1.09 bits per heavy atom. The van der Waals surface area contributed by atoms with Gasteiger partial charge in [0.15, 0.2) is 11.6 Å². The first kappa shape index (κ1) is 22.8. The molecule has 4 rings (SSSR count). The van der Waals surface area contributed by atoms with Crippen LogP contribution in [0.25, 0.3) is 0 Å². The number of fused-ring (bicyclic) bond motifs is 1. The van der Waals surface area contributed by atoms with Gasteiger partial charge in [-0.25, -0.2) is 9.79 Å². The number of aryl methyl sites for hydroxylation is 2. The van der Waals surface area contributed by atoms with Crippen LogP contribution in [0.3, 0.4) is 0 Å². The van der Waals surface area contributed by atoms with Crippen molar-refractivity contribution in [3.05, 3.63) is 87.3 Å². The molecule has 2 aromatic carbocycles. The van der Waals surface area contributed by atoms with E-state index in [0.29, 0.717) is 35.7 Å². The van der Waals surface area contributed by atoms with Gasteiger partial charge in [-0.15, -0.1) is 11.3 Å². The molecule has 0 amide bonds. The van der Waals surface area contributed by atoms with E-state index in [1.807, 2.05) is 30.5 Å². The molecular formula is C26H23NO5S. The summed E-state index contributed by atoms with van der Waals surface area (Å²) < 4.78 is 5.74. The third-order valence-corrected chi connectivity index (χ3v) is 6.38. The number of aliphatic imine (C=N–C) groups is 1. The van der Waals surface area contributed by atoms with Crippen molar-refractivity contribution in [1.82, 2.24) is 0 Å². The van der Waals surface area contributed by atoms with E-state index in [9.17, 15) is 14.4 Å². The lowest BCUT2D eigenvalue weighted by atomic mass is 9.96. The van der Waals surface area contributed by atoms with Crippen molar-refractivity contribution < 1.29 is 24.2 Å². The van der Waals surface area contributed by atoms with E-state index in [4.69, 9.17) is 9.84 Å². The highest BCUT2D eigenvalue weighted by molar-refractivity contribution is 7.14. The number of rotatable bonds is 9. The lowest BCUT2D eigenvalue weighted by Gasteiger charge is -2.13. The topological polar surface area (TPSA) is 93.0 Å². The Hall–Kier alpha value is -3.42. The van der Waals surface area contributed by atoms with Crippen LogP contribution in [-0.4, -0.2) is 28.4 Å². The van der Waals surface area contributed by atoms with Gasteiger partial charge in [0, 0.05) is 12.0 Å². The van der Waals surface area contributed by atoms with E-state index in [-0.39, 0.29) is 30.2 Å². The summed E-state index contributed by atoms with van der Waals surface area (Å²) in [5.41, 5.74) is 4.94. The highest BCUT2D eigenvalue weighted by Crippen LogP contribution is 2.36. The predicted octanol–water partition coefficient (Wildman–Crippen LogP) is 5.33. The summed E-state index contributed by atoms with van der Waals surface area (Å²) in [7, 11) is 0. The minimum atomic E-state index is -0.973. The van der Waals surface area contributed by atoms with Crippen molar-refractivity contribution >= 4 is 39.6 Å². The van der Waals surface area contributed by atoms with Crippen LogP contribution in [-0.2, 0) is 29.2 Å². The molecule has 0 unspecified atom stereocenters. The Morgan fingerprint density at radius 3 is 2.61 bits per heavy atom. The molecule has 7 heteroatoms. The molecule has 1 aliphatic rings. The molecule has 1 N–H and O–H groups in total. The number of carboxylic acid groups (broad SMARTS) is 1. The van der Waals surface area contributed by atoms with E-state index in [0.717, 1.165) is 22.3 Å². The molecule has 0 atom stereocenters. The van der Waals surface area contributed by atoms with Crippen molar-refractivity contribution in [3.8, 4) is 0 Å². The second kappa shape index (κ2) is 10.0. The number of benzene rings is 2. The SMILES string of the molecule is Cc1cccc(CCC(=O)C2=Nc3scc(COCc4ccc(C(=O)O)cc4)c3C(=O)C2)c1. The predicted molar refractivity (Wildman–Crippen MR) is 127 cm³/mol. The molecule has 2 heterocycles. The van der Waals surface area contributed by atoms with Crippen LogP contribution in [0, 0.1) is 6.92 Å². The van der Waals surface area contributed by atoms with E-state index in [1.165, 1.54) is 23.5 Å². The average molecular weight is 462 g/mol. The molecule has 0 bridgehead atoms. The van der Waals surface area contributed by atoms with Gasteiger partial charge in [-0.1, -0.05) is 42.0 Å². The third kappa shape index (κ3) is 5.50. The number of thiophene rings is 1. The van der Waals surface area contributed by atoms with Crippen molar-refractivity contribution in [3.63, 3.8) is 0 Å². The molecule has 0 saturated carbocycles. The van der Waals surface area contributed by atoms with Crippen LogP contribution in [0.5, 0.6) is 0 Å². The van der Waals surface area contributed by atoms with Gasteiger partial charge in [-0.2, -0.15) is 0 Å². The summed E-state index contributed by atoms with van der Waals surface area (Å²) in [6.45, 7) is 2.55. The third-order valence-electron chi connectivity index (χ3n) is 5.46. The lowest BCUT2D eigenvalue weighted by Crippen LogP contribution is -2.22. The maximum absolute atomic E-state index is 12.8. The van der Waals surface area contributed by atoms with E-state index >= 15 is 0 Å². The Kier molecular flexibility index (Phi) is 6.91. The van der Waals surface area contributed by atoms with E-state index < -0.39 is 5.97 Å². The average Bonchev–Trinajstić information content (AvgIpc) is 3.21. The Morgan fingerprint density at radius 2 is 1.88 bits per heavy atom. The quantitative estimate of drug-likeness (QED) is 0.465. The molecular weight excluding hydrogens is 438 g/mol. The molecule has 3 aromatic rings. The fourth-order valence-corrected chi connectivity index (χ4v) is 4.69. The molecule has 6 nitrogen and oxygen atoms in total. The van der Waals surface area contributed by atoms with Crippen molar-refractivity contribution in [2.24, 2.45) is 4.99 Å². The number of carbonyl (C=O) groups is 3. The zero-order chi connectivity index (χ0) is 23.4. The van der Waals surface area contributed by atoms with Gasteiger partial charge >= 0.3 is 5.97 Å². The normalized spacial score (nSPS) is 12.9. The summed E-state index contributed by atoms with van der Waals surface area (Å²) in [4.78, 5) is 40.9. The zero-order valence-electron chi connectivity index (χ0n) is 18.2. The highest BCUT2D eigenvalue weighted by Gasteiger charge is 2.28. The second-order valence-corrected chi connectivity index (χ2v) is 8.86. The Balaban J connectivity index is 1.37. The van der Waals surface area contributed by atoms with Crippen LogP contribution in [0.2, 0.25) is 0 Å². The van der Waals surface area contributed by atoms with Crippen LogP contribution in [0.15, 0.2) is 58.9 Å². The summed E-state index contributed by atoms with van der Waals surface area (Å²) in [5, 5.41) is 11.4. The number of aromatic carboxylic acids is 1. The highest BCUT2D eigenvalue weighted by atomic mass is 32.1. The Bertz CT molecular complexity index is 1240. The first-order chi connectivity index (χ1) is 15.9. The lowest BCUT2D eigenvalue weighted by molar-refractivity contribution is -0.113. The maximum atomic E-state index is 12.8. The van der Waals surface area contributed by atoms with Gasteiger partial charge in [0.05, 0.1) is 36.5 Å². The first-order valence-corrected chi connectivity index (χ1v) is 11.5. The first-order valence-electron chi connectivity index (χ1n) is 10.6. The molecule has 0 fully saturated rings. The zero-order valence-corrected chi connectivity index (χ0v) is 19.0.